The normalized spacial score (nSPS) is 11.4. The van der Waals surface area contributed by atoms with Crippen molar-refractivity contribution in [3.8, 4) is 5.82 Å². The number of anilines is 1. The van der Waals surface area contributed by atoms with E-state index in [4.69, 9.17) is 0 Å². The summed E-state index contributed by atoms with van der Waals surface area (Å²) in [6, 6.07) is 9.52. The molecule has 9 nitrogen and oxygen atoms in total. The maximum Gasteiger partial charge on any atom is 0.240 e. The number of nitrogens with one attached hydrogen (secondary N) is 2. The molecule has 2 heterocycles. The number of hydrogen-bond donors (Lipinski definition) is 2. The lowest BCUT2D eigenvalue weighted by atomic mass is 10.2. The topological polar surface area (TPSA) is 119 Å². The predicted octanol–water partition coefficient (Wildman–Crippen LogP) is 1.87. The van der Waals surface area contributed by atoms with Crippen LogP contribution in [0.1, 0.15) is 28.7 Å². The molecule has 10 heteroatoms. The van der Waals surface area contributed by atoms with E-state index in [0.29, 0.717) is 23.7 Å². The van der Waals surface area contributed by atoms with Crippen molar-refractivity contribution in [2.24, 2.45) is 0 Å². The molecule has 0 spiro atoms. The molecule has 0 aliphatic rings. The SMILES string of the molecule is CC(=O)c1ccc(S(=O)(=O)NCCNc2cc(-n3nc(C)cc3C)ncn2)cc1. The highest BCUT2D eigenvalue weighted by atomic mass is 32.2. The van der Waals surface area contributed by atoms with Crippen LogP contribution in [0.5, 0.6) is 0 Å². The summed E-state index contributed by atoms with van der Waals surface area (Å²) >= 11 is 0. The number of hydrogen-bond acceptors (Lipinski definition) is 7. The van der Waals surface area contributed by atoms with Crippen molar-refractivity contribution in [2.45, 2.75) is 25.7 Å². The van der Waals surface area contributed by atoms with Crippen LogP contribution in [-0.4, -0.2) is 47.0 Å². The summed E-state index contributed by atoms with van der Waals surface area (Å²) in [5.41, 5.74) is 2.31. The van der Waals surface area contributed by atoms with Gasteiger partial charge in [0.05, 0.1) is 10.6 Å². The first kappa shape index (κ1) is 20.6. The number of nitrogens with zero attached hydrogens (tertiary/aromatic N) is 4. The third-order valence-corrected chi connectivity index (χ3v) is 5.65. The molecule has 3 aromatic rings. The molecule has 0 unspecified atom stereocenters. The van der Waals surface area contributed by atoms with Crippen LogP contribution in [0.3, 0.4) is 0 Å². The molecular weight excluding hydrogens is 392 g/mol. The van der Waals surface area contributed by atoms with Crippen molar-refractivity contribution in [1.82, 2.24) is 24.5 Å². The quantitative estimate of drug-likeness (QED) is 0.427. The van der Waals surface area contributed by atoms with Gasteiger partial charge in [0.25, 0.3) is 0 Å². The van der Waals surface area contributed by atoms with Crippen molar-refractivity contribution >= 4 is 21.6 Å². The number of ketones is 1. The maximum atomic E-state index is 12.3. The van der Waals surface area contributed by atoms with Crippen molar-refractivity contribution in [2.75, 3.05) is 18.4 Å². The second-order valence-electron chi connectivity index (χ2n) is 6.51. The van der Waals surface area contributed by atoms with Crippen LogP contribution < -0.4 is 10.0 Å². The highest BCUT2D eigenvalue weighted by molar-refractivity contribution is 7.89. The third kappa shape index (κ3) is 5.04. The van der Waals surface area contributed by atoms with E-state index in [-0.39, 0.29) is 17.2 Å². The van der Waals surface area contributed by atoms with E-state index in [1.165, 1.54) is 37.5 Å². The van der Waals surface area contributed by atoms with Crippen molar-refractivity contribution in [3.63, 3.8) is 0 Å². The van der Waals surface area contributed by atoms with E-state index in [2.05, 4.69) is 25.1 Å². The van der Waals surface area contributed by atoms with Gasteiger partial charge in [0.2, 0.25) is 10.0 Å². The summed E-state index contributed by atoms with van der Waals surface area (Å²) in [4.78, 5) is 19.8. The Balaban J connectivity index is 1.58. The Hall–Kier alpha value is -3.11. The van der Waals surface area contributed by atoms with Crippen LogP contribution >= 0.6 is 0 Å². The number of benzene rings is 1. The summed E-state index contributed by atoms with van der Waals surface area (Å²) in [7, 11) is -3.66. The first-order valence-electron chi connectivity index (χ1n) is 8.96. The summed E-state index contributed by atoms with van der Waals surface area (Å²) in [5, 5.41) is 7.45. The Kier molecular flexibility index (Phi) is 6.04. The van der Waals surface area contributed by atoms with Gasteiger partial charge in [-0.2, -0.15) is 5.10 Å². The Labute approximate surface area is 169 Å². The molecule has 0 fully saturated rings. The Morgan fingerprint density at radius 2 is 1.79 bits per heavy atom. The average molecular weight is 414 g/mol. The van der Waals surface area contributed by atoms with E-state index < -0.39 is 10.0 Å². The van der Waals surface area contributed by atoms with Gasteiger partial charge in [-0.15, -0.1) is 0 Å². The number of carbonyl (C=O) groups excluding carboxylic acids is 1. The first-order valence-corrected chi connectivity index (χ1v) is 10.4. The third-order valence-electron chi connectivity index (χ3n) is 4.17. The molecule has 2 N–H and O–H groups in total. The minimum Gasteiger partial charge on any atom is -0.369 e. The molecule has 29 heavy (non-hydrogen) atoms. The van der Waals surface area contributed by atoms with E-state index in [1.54, 1.807) is 10.7 Å². The van der Waals surface area contributed by atoms with Gasteiger partial charge in [-0.1, -0.05) is 12.1 Å². The molecule has 3 rings (SSSR count). The lowest BCUT2D eigenvalue weighted by Gasteiger charge is -2.10. The number of Topliss-reactive ketones (excluding diaryl/α,β-unsaturated/α-hetero) is 1. The minimum atomic E-state index is -3.66. The van der Waals surface area contributed by atoms with E-state index in [0.717, 1.165) is 11.4 Å². The molecule has 0 amide bonds. The second kappa shape index (κ2) is 8.50. The van der Waals surface area contributed by atoms with Crippen LogP contribution in [-0.2, 0) is 10.0 Å². The molecule has 0 saturated carbocycles. The minimum absolute atomic E-state index is 0.108. The van der Waals surface area contributed by atoms with Crippen LogP contribution in [0.2, 0.25) is 0 Å². The fraction of sp³-hybridized carbons (Fsp3) is 0.263. The first-order chi connectivity index (χ1) is 13.8. The van der Waals surface area contributed by atoms with Gasteiger partial charge in [0.15, 0.2) is 11.6 Å². The van der Waals surface area contributed by atoms with Gasteiger partial charge in [-0.25, -0.2) is 27.8 Å². The molecule has 1 aromatic carbocycles. The molecule has 0 aliphatic carbocycles. The largest absolute Gasteiger partial charge is 0.369 e. The zero-order valence-corrected chi connectivity index (χ0v) is 17.2. The molecule has 0 atom stereocenters. The van der Waals surface area contributed by atoms with Crippen molar-refractivity contribution in [3.05, 3.63) is 59.7 Å². The summed E-state index contributed by atoms with van der Waals surface area (Å²) in [5.74, 6) is 1.07. The molecule has 0 aliphatic heterocycles. The number of sulfonamides is 1. The molecule has 152 valence electrons. The molecule has 0 saturated heterocycles. The summed E-state index contributed by atoms with van der Waals surface area (Å²) in [6.45, 7) is 5.77. The lowest BCUT2D eigenvalue weighted by Crippen LogP contribution is -2.29. The van der Waals surface area contributed by atoms with Gasteiger partial charge in [-0.3, -0.25) is 4.79 Å². The van der Waals surface area contributed by atoms with Crippen molar-refractivity contribution in [1.29, 1.82) is 0 Å². The van der Waals surface area contributed by atoms with Gasteiger partial charge >= 0.3 is 0 Å². The number of aryl methyl sites for hydroxylation is 2. The predicted molar refractivity (Wildman–Crippen MR) is 109 cm³/mol. The van der Waals surface area contributed by atoms with Gasteiger partial charge in [0.1, 0.15) is 12.1 Å². The fourth-order valence-electron chi connectivity index (χ4n) is 2.75. The monoisotopic (exact) mass is 414 g/mol. The highest BCUT2D eigenvalue weighted by Crippen LogP contribution is 2.13. The second-order valence-corrected chi connectivity index (χ2v) is 8.27. The highest BCUT2D eigenvalue weighted by Gasteiger charge is 2.14. The Morgan fingerprint density at radius 1 is 1.07 bits per heavy atom. The molecule has 0 bridgehead atoms. The van der Waals surface area contributed by atoms with Crippen LogP contribution in [0.15, 0.2) is 47.6 Å². The van der Waals surface area contributed by atoms with Gasteiger partial charge < -0.3 is 5.32 Å². The van der Waals surface area contributed by atoms with E-state index in [9.17, 15) is 13.2 Å². The average Bonchev–Trinajstić information content (AvgIpc) is 3.04. The summed E-state index contributed by atoms with van der Waals surface area (Å²) < 4.78 is 28.9. The van der Waals surface area contributed by atoms with Crippen LogP contribution in [0.4, 0.5) is 5.82 Å². The Bertz CT molecular complexity index is 1120. The van der Waals surface area contributed by atoms with Crippen LogP contribution in [0, 0.1) is 13.8 Å². The molecular formula is C19H22N6O3S. The number of carbonyl (C=O) groups is 1. The summed E-state index contributed by atoms with van der Waals surface area (Å²) in [6.07, 6.45) is 1.43. The molecule has 0 radical (unpaired) electrons. The van der Waals surface area contributed by atoms with E-state index >= 15 is 0 Å². The van der Waals surface area contributed by atoms with Gasteiger partial charge in [0, 0.05) is 30.4 Å². The lowest BCUT2D eigenvalue weighted by molar-refractivity contribution is 0.101. The number of rotatable bonds is 8. The zero-order valence-electron chi connectivity index (χ0n) is 16.4. The standard InChI is InChI=1S/C19H22N6O3S/c1-13-10-14(2)25(24-13)19-11-18(21-12-22-19)20-8-9-23-29(27,28)17-6-4-16(5-7-17)15(3)26/h4-7,10-12,23H,8-9H2,1-3H3,(H,20,21,22). The smallest absolute Gasteiger partial charge is 0.240 e. The fourth-order valence-corrected chi connectivity index (χ4v) is 3.78. The number of aromatic nitrogens is 4. The van der Waals surface area contributed by atoms with Gasteiger partial charge in [-0.05, 0) is 39.0 Å². The van der Waals surface area contributed by atoms with Crippen LogP contribution in [0.25, 0.3) is 5.82 Å². The zero-order chi connectivity index (χ0) is 21.0. The molecule has 2 aromatic heterocycles. The van der Waals surface area contributed by atoms with Crippen molar-refractivity contribution < 1.29 is 13.2 Å². The maximum absolute atomic E-state index is 12.3. The van der Waals surface area contributed by atoms with E-state index in [1.807, 2.05) is 19.9 Å². The Morgan fingerprint density at radius 3 is 2.41 bits per heavy atom.